The van der Waals surface area contributed by atoms with Crippen LogP contribution in [-0.4, -0.2) is 67.4 Å². The highest BCUT2D eigenvalue weighted by Gasteiger charge is 2.68. The van der Waals surface area contributed by atoms with E-state index in [2.05, 4.69) is 44.4 Å². The minimum atomic E-state index is -0.337. The van der Waals surface area contributed by atoms with Gasteiger partial charge in [0.2, 0.25) is 11.8 Å². The molecule has 3 aliphatic heterocycles. The molecule has 0 unspecified atom stereocenters. The van der Waals surface area contributed by atoms with Crippen molar-refractivity contribution >= 4 is 11.8 Å². The number of nitrogens with zero attached hydrogens (tertiary/aromatic N) is 1. The van der Waals surface area contributed by atoms with Crippen LogP contribution in [0.4, 0.5) is 0 Å². The van der Waals surface area contributed by atoms with Gasteiger partial charge in [-0.3, -0.25) is 9.59 Å². The average Bonchev–Trinajstić information content (AvgIpc) is 3.40. The molecule has 2 amide bonds. The number of nitrogens with one attached hydrogen (secondary N) is 2. The Morgan fingerprint density at radius 3 is 2.63 bits per heavy atom. The SMILES string of the molecule is C[C@@H]1CC[C@@]2(OC1)O[C@H]1C[C@H]3[C@@H]4CC=C5C[C@@H](NC(=O)CC(=O)N6CCNCC6)CC[C@]5(C)[C@H]4CC[C@]3(C)[C@H]1[C@@H]2C. The van der Waals surface area contributed by atoms with E-state index in [9.17, 15) is 9.59 Å². The number of hydrogen-bond acceptors (Lipinski definition) is 5. The molecule has 3 saturated carbocycles. The maximum absolute atomic E-state index is 12.8. The van der Waals surface area contributed by atoms with Gasteiger partial charge in [0.15, 0.2) is 5.79 Å². The molecular weight excluding hydrogens is 514 g/mol. The maximum atomic E-state index is 12.8. The van der Waals surface area contributed by atoms with Crippen LogP contribution in [0.3, 0.4) is 0 Å². The Morgan fingerprint density at radius 1 is 1.07 bits per heavy atom. The largest absolute Gasteiger partial charge is 0.353 e. The third-order valence-corrected chi connectivity index (χ3v) is 13.5. The van der Waals surface area contributed by atoms with E-state index < -0.39 is 0 Å². The normalized spacial score (nSPS) is 49.0. The molecule has 1 spiro atoms. The zero-order chi connectivity index (χ0) is 28.6. The van der Waals surface area contributed by atoms with E-state index in [4.69, 9.17) is 9.47 Å². The summed E-state index contributed by atoms with van der Waals surface area (Å²) in [4.78, 5) is 27.3. The molecular formula is C34H53N3O4. The van der Waals surface area contributed by atoms with Crippen molar-refractivity contribution < 1.29 is 19.1 Å². The van der Waals surface area contributed by atoms with Crippen LogP contribution >= 0.6 is 0 Å². The van der Waals surface area contributed by atoms with Crippen LogP contribution in [0.5, 0.6) is 0 Å². The fourth-order valence-corrected chi connectivity index (χ4v) is 11.2. The Bertz CT molecular complexity index is 1080. The summed E-state index contributed by atoms with van der Waals surface area (Å²) >= 11 is 0. The van der Waals surface area contributed by atoms with Gasteiger partial charge in [-0.1, -0.05) is 39.3 Å². The molecule has 2 N–H and O–H groups in total. The van der Waals surface area contributed by atoms with E-state index in [-0.39, 0.29) is 35.5 Å². The molecule has 0 bridgehead atoms. The van der Waals surface area contributed by atoms with Crippen molar-refractivity contribution in [2.24, 2.45) is 46.3 Å². The standard InChI is InChI=1S/C34H53N3O4/c1-21-7-12-34(40-20-21)22(2)31-28(41-34)18-27-25-6-5-23-17-24(8-10-32(23,3)26(25)9-11-33(27,31)4)36-29(38)19-30(39)37-15-13-35-14-16-37/h5,21-22,24-28,31,35H,6-20H2,1-4H3,(H,36,38)/t21-,22+,24+,25-,26+,27+,28+,31+,32+,33+,34-/m1/s1. The number of carbonyl (C=O) groups is 2. The Kier molecular flexibility index (Phi) is 7.14. The van der Waals surface area contributed by atoms with Gasteiger partial charge < -0.3 is 25.0 Å². The van der Waals surface area contributed by atoms with Gasteiger partial charge in [-0.2, -0.15) is 0 Å². The summed E-state index contributed by atoms with van der Waals surface area (Å²) in [5, 5.41) is 6.51. The molecule has 3 heterocycles. The number of ether oxygens (including phenoxy) is 2. The molecule has 7 heteroatoms. The average molecular weight is 568 g/mol. The first-order chi connectivity index (χ1) is 19.6. The topological polar surface area (TPSA) is 79.9 Å². The van der Waals surface area contributed by atoms with E-state index in [1.54, 1.807) is 5.57 Å². The van der Waals surface area contributed by atoms with E-state index in [1.165, 1.54) is 32.1 Å². The summed E-state index contributed by atoms with van der Waals surface area (Å²) in [5.74, 6) is 3.41. The number of amides is 2. The summed E-state index contributed by atoms with van der Waals surface area (Å²) in [6.07, 6.45) is 13.2. The predicted octanol–water partition coefficient (Wildman–Crippen LogP) is 4.66. The third kappa shape index (κ3) is 4.54. The monoisotopic (exact) mass is 567 g/mol. The van der Waals surface area contributed by atoms with Gasteiger partial charge in [-0.05, 0) is 91.8 Å². The van der Waals surface area contributed by atoms with Crippen LogP contribution in [0.2, 0.25) is 0 Å². The van der Waals surface area contributed by atoms with E-state index in [1.807, 2.05) is 4.90 Å². The number of hydrogen-bond donors (Lipinski definition) is 2. The van der Waals surface area contributed by atoms with Crippen molar-refractivity contribution in [3.05, 3.63) is 11.6 Å². The minimum absolute atomic E-state index is 0.0219. The summed E-state index contributed by atoms with van der Waals surface area (Å²) < 4.78 is 13.5. The van der Waals surface area contributed by atoms with Gasteiger partial charge in [0.05, 0.1) is 12.7 Å². The third-order valence-electron chi connectivity index (χ3n) is 13.5. The Balaban J connectivity index is 1.01. The van der Waals surface area contributed by atoms with Crippen LogP contribution in [0.1, 0.15) is 91.9 Å². The van der Waals surface area contributed by atoms with E-state index >= 15 is 0 Å². The molecule has 0 radical (unpaired) electrons. The molecule has 41 heavy (non-hydrogen) atoms. The van der Waals surface area contributed by atoms with Crippen LogP contribution in [0.15, 0.2) is 11.6 Å². The van der Waals surface area contributed by atoms with Crippen LogP contribution < -0.4 is 10.6 Å². The zero-order valence-electron chi connectivity index (χ0n) is 25.9. The quantitative estimate of drug-likeness (QED) is 0.383. The fraction of sp³-hybridized carbons (Fsp3) is 0.882. The lowest BCUT2D eigenvalue weighted by Gasteiger charge is -2.58. The number of piperazine rings is 1. The Morgan fingerprint density at radius 2 is 1.88 bits per heavy atom. The molecule has 3 saturated heterocycles. The van der Waals surface area contributed by atoms with Crippen LogP contribution in [0, 0.1) is 46.3 Å². The van der Waals surface area contributed by atoms with Gasteiger partial charge in [-0.15, -0.1) is 0 Å². The van der Waals surface area contributed by atoms with Gasteiger partial charge >= 0.3 is 0 Å². The van der Waals surface area contributed by atoms with Crippen molar-refractivity contribution in [3.63, 3.8) is 0 Å². The first kappa shape index (κ1) is 28.3. The minimum Gasteiger partial charge on any atom is -0.353 e. The summed E-state index contributed by atoms with van der Waals surface area (Å²) in [5.41, 5.74) is 2.14. The molecule has 4 aliphatic carbocycles. The lowest BCUT2D eigenvalue weighted by Crippen LogP contribution is -2.53. The van der Waals surface area contributed by atoms with Crippen molar-refractivity contribution in [1.29, 1.82) is 0 Å². The lowest BCUT2D eigenvalue weighted by atomic mass is 9.46. The summed E-state index contributed by atoms with van der Waals surface area (Å²) in [6.45, 7) is 13.7. The smallest absolute Gasteiger partial charge is 0.232 e. The molecule has 0 aromatic carbocycles. The first-order valence-corrected chi connectivity index (χ1v) is 16.9. The highest BCUT2D eigenvalue weighted by atomic mass is 16.7. The zero-order valence-corrected chi connectivity index (χ0v) is 25.9. The molecule has 7 aliphatic rings. The second kappa shape index (κ2) is 10.3. The number of allylic oxidation sites excluding steroid dienone is 1. The highest BCUT2D eigenvalue weighted by Crippen LogP contribution is 2.70. The summed E-state index contributed by atoms with van der Waals surface area (Å²) in [6, 6.07) is 0.151. The number of rotatable bonds is 3. The molecule has 0 aromatic heterocycles. The van der Waals surface area contributed by atoms with Gasteiger partial charge in [0, 0.05) is 44.6 Å². The Hall–Kier alpha value is -1.44. The second-order valence-corrected chi connectivity index (χ2v) is 15.6. The second-order valence-electron chi connectivity index (χ2n) is 15.6. The van der Waals surface area contributed by atoms with Gasteiger partial charge in [0.25, 0.3) is 0 Å². The van der Waals surface area contributed by atoms with Crippen molar-refractivity contribution in [1.82, 2.24) is 15.5 Å². The molecule has 228 valence electrons. The lowest BCUT2D eigenvalue weighted by molar-refractivity contribution is -0.272. The molecule has 7 rings (SSSR count). The molecule has 6 fully saturated rings. The number of carbonyl (C=O) groups excluding carboxylic acids is 2. The van der Waals surface area contributed by atoms with Crippen molar-refractivity contribution in [2.75, 3.05) is 32.8 Å². The fourth-order valence-electron chi connectivity index (χ4n) is 11.2. The van der Waals surface area contributed by atoms with Crippen molar-refractivity contribution in [2.45, 2.75) is 110 Å². The molecule has 0 aromatic rings. The van der Waals surface area contributed by atoms with E-state index in [0.717, 1.165) is 63.1 Å². The van der Waals surface area contributed by atoms with Gasteiger partial charge in [-0.25, -0.2) is 0 Å². The Labute approximate surface area is 246 Å². The highest BCUT2D eigenvalue weighted by molar-refractivity contribution is 5.97. The first-order valence-electron chi connectivity index (χ1n) is 16.9. The van der Waals surface area contributed by atoms with Crippen LogP contribution in [0.25, 0.3) is 0 Å². The molecule has 11 atom stereocenters. The predicted molar refractivity (Wildman–Crippen MR) is 158 cm³/mol. The van der Waals surface area contributed by atoms with Crippen molar-refractivity contribution in [3.8, 4) is 0 Å². The summed E-state index contributed by atoms with van der Waals surface area (Å²) in [7, 11) is 0. The van der Waals surface area contributed by atoms with Gasteiger partial charge in [0.1, 0.15) is 6.42 Å². The van der Waals surface area contributed by atoms with E-state index in [0.29, 0.717) is 42.4 Å². The number of fused-ring (bicyclic) bond motifs is 7. The molecule has 7 nitrogen and oxygen atoms in total. The van der Waals surface area contributed by atoms with Crippen LogP contribution in [-0.2, 0) is 19.1 Å². The maximum Gasteiger partial charge on any atom is 0.232 e.